The molecule has 74 valence electrons. The number of carbonyl (C=O) groups excluding carboxylic acids is 2. The van der Waals surface area contributed by atoms with Gasteiger partial charge in [-0.25, -0.2) is 0 Å². The molecule has 0 amide bonds. The topological polar surface area (TPSA) is 57.2 Å². The Labute approximate surface area is 78.5 Å². The maximum absolute atomic E-state index is 10.7. The molecule has 1 atom stereocenters. The van der Waals surface area contributed by atoms with Gasteiger partial charge in [-0.2, -0.15) is 0 Å². The van der Waals surface area contributed by atoms with E-state index in [9.17, 15) is 14.7 Å². The van der Waals surface area contributed by atoms with E-state index in [0.29, 0.717) is 12.8 Å². The number of hydrogen-bond donors (Lipinski definition) is 0. The third-order valence-electron chi connectivity index (χ3n) is 1.95. The number of carboxylic acid groups (broad SMARTS) is 1. The van der Waals surface area contributed by atoms with Gasteiger partial charge in [0.25, 0.3) is 0 Å². The number of Topliss-reactive ketones (excluding diaryl/α,β-unsaturated/α-hetero) is 1. The Balaban J connectivity index is 4.02. The molecule has 0 N–H and O–H groups in total. The monoisotopic (exact) mass is 183 g/mol. The van der Waals surface area contributed by atoms with Crippen LogP contribution in [0.2, 0.25) is 0 Å². The molecule has 3 heteroatoms. The average molecular weight is 183 g/mol. The fourth-order valence-corrected chi connectivity index (χ4v) is 1.10. The van der Waals surface area contributed by atoms with E-state index in [1.165, 1.54) is 6.92 Å². The number of allylic oxidation sites excluding steroid dienone is 1. The first-order valence-corrected chi connectivity index (χ1v) is 4.28. The van der Waals surface area contributed by atoms with Crippen LogP contribution < -0.4 is 5.11 Å². The average Bonchev–Trinajstić information content (AvgIpc) is 1.96. The van der Waals surface area contributed by atoms with E-state index in [-0.39, 0.29) is 18.1 Å². The van der Waals surface area contributed by atoms with Crippen LogP contribution in [-0.2, 0) is 9.59 Å². The normalized spacial score (nSPS) is 12.2. The lowest BCUT2D eigenvalue weighted by Gasteiger charge is -2.16. The first kappa shape index (κ1) is 11.9. The summed E-state index contributed by atoms with van der Waals surface area (Å²) in [5.74, 6) is -1.14. The maximum atomic E-state index is 10.7. The van der Waals surface area contributed by atoms with Gasteiger partial charge < -0.3 is 14.7 Å². The van der Waals surface area contributed by atoms with E-state index in [1.807, 2.05) is 0 Å². The van der Waals surface area contributed by atoms with Crippen molar-refractivity contribution < 1.29 is 14.7 Å². The zero-order valence-corrected chi connectivity index (χ0v) is 8.13. The lowest BCUT2D eigenvalue weighted by molar-refractivity contribution is -0.306. The standard InChI is InChI=1S/C10H16O3/c1-7(2)9(6-10(12)13)5-4-8(3)11/h9H,1,4-6H2,2-3H3,(H,12,13)/p-1/t9-/m1/s1. The Morgan fingerprint density at radius 1 is 1.38 bits per heavy atom. The summed E-state index contributed by atoms with van der Waals surface area (Å²) in [6.07, 6.45) is 0.923. The van der Waals surface area contributed by atoms with Gasteiger partial charge >= 0.3 is 0 Å². The Morgan fingerprint density at radius 3 is 2.23 bits per heavy atom. The van der Waals surface area contributed by atoms with E-state index >= 15 is 0 Å². The summed E-state index contributed by atoms with van der Waals surface area (Å²) in [5.41, 5.74) is 0.797. The summed E-state index contributed by atoms with van der Waals surface area (Å²) in [5, 5.41) is 10.3. The van der Waals surface area contributed by atoms with Crippen LogP contribution in [0.3, 0.4) is 0 Å². The number of carboxylic acids is 1. The minimum atomic E-state index is -1.09. The molecule has 0 saturated heterocycles. The number of carbonyl (C=O) groups is 2. The van der Waals surface area contributed by atoms with E-state index in [4.69, 9.17) is 0 Å². The van der Waals surface area contributed by atoms with Crippen molar-refractivity contribution in [2.45, 2.75) is 33.1 Å². The Kier molecular flexibility index (Phi) is 5.04. The van der Waals surface area contributed by atoms with Crippen molar-refractivity contribution in [2.75, 3.05) is 0 Å². The number of ketones is 1. The van der Waals surface area contributed by atoms with Crippen LogP contribution in [0.5, 0.6) is 0 Å². The molecule has 0 spiro atoms. The van der Waals surface area contributed by atoms with E-state index in [1.54, 1.807) is 6.92 Å². The third kappa shape index (κ3) is 6.08. The van der Waals surface area contributed by atoms with Crippen LogP contribution in [0.25, 0.3) is 0 Å². The number of rotatable bonds is 6. The smallest absolute Gasteiger partial charge is 0.129 e. The molecule has 0 radical (unpaired) electrons. The lowest BCUT2D eigenvalue weighted by Crippen LogP contribution is -2.25. The van der Waals surface area contributed by atoms with Gasteiger partial charge in [-0.05, 0) is 32.6 Å². The maximum Gasteiger partial charge on any atom is 0.129 e. The lowest BCUT2D eigenvalue weighted by atomic mass is 9.92. The highest BCUT2D eigenvalue weighted by molar-refractivity contribution is 5.75. The second kappa shape index (κ2) is 5.51. The summed E-state index contributed by atoms with van der Waals surface area (Å²) in [6.45, 7) is 6.95. The summed E-state index contributed by atoms with van der Waals surface area (Å²) in [4.78, 5) is 21.0. The molecule has 0 aromatic heterocycles. The van der Waals surface area contributed by atoms with Crippen molar-refractivity contribution in [3.05, 3.63) is 12.2 Å². The molecule has 0 unspecified atom stereocenters. The van der Waals surface area contributed by atoms with Crippen LogP contribution in [0.4, 0.5) is 0 Å². The minimum Gasteiger partial charge on any atom is -0.550 e. The molecule has 0 aliphatic carbocycles. The molecule has 0 aliphatic heterocycles. The molecule has 0 saturated carbocycles. The van der Waals surface area contributed by atoms with Gasteiger partial charge in [-0.3, -0.25) is 0 Å². The summed E-state index contributed by atoms with van der Waals surface area (Å²) < 4.78 is 0. The van der Waals surface area contributed by atoms with Gasteiger partial charge in [0.15, 0.2) is 0 Å². The van der Waals surface area contributed by atoms with Crippen molar-refractivity contribution >= 4 is 11.8 Å². The van der Waals surface area contributed by atoms with Gasteiger partial charge in [0.1, 0.15) is 5.78 Å². The van der Waals surface area contributed by atoms with Gasteiger partial charge in [0, 0.05) is 12.4 Å². The zero-order valence-electron chi connectivity index (χ0n) is 8.13. The Bertz CT molecular complexity index is 218. The molecule has 13 heavy (non-hydrogen) atoms. The fourth-order valence-electron chi connectivity index (χ4n) is 1.10. The third-order valence-corrected chi connectivity index (χ3v) is 1.95. The highest BCUT2D eigenvalue weighted by Gasteiger charge is 2.10. The molecule has 0 bridgehead atoms. The number of aliphatic carboxylic acids is 1. The van der Waals surface area contributed by atoms with Crippen LogP contribution in [0.1, 0.15) is 33.1 Å². The van der Waals surface area contributed by atoms with Crippen LogP contribution in [-0.4, -0.2) is 11.8 Å². The van der Waals surface area contributed by atoms with E-state index < -0.39 is 5.97 Å². The predicted molar refractivity (Wildman–Crippen MR) is 47.8 cm³/mol. The summed E-state index contributed by atoms with van der Waals surface area (Å²) in [6, 6.07) is 0. The fraction of sp³-hybridized carbons (Fsp3) is 0.600. The molecule has 0 aliphatic rings. The van der Waals surface area contributed by atoms with Crippen LogP contribution in [0.15, 0.2) is 12.2 Å². The van der Waals surface area contributed by atoms with Crippen molar-refractivity contribution in [3.8, 4) is 0 Å². The molecular formula is C10H15O3-. The highest BCUT2D eigenvalue weighted by atomic mass is 16.4. The van der Waals surface area contributed by atoms with Gasteiger partial charge in [0.2, 0.25) is 0 Å². The van der Waals surface area contributed by atoms with E-state index in [2.05, 4.69) is 6.58 Å². The first-order valence-electron chi connectivity index (χ1n) is 4.28. The zero-order chi connectivity index (χ0) is 10.4. The first-order chi connectivity index (χ1) is 5.93. The largest absolute Gasteiger partial charge is 0.550 e. The molecule has 0 aromatic carbocycles. The molecule has 0 fully saturated rings. The van der Waals surface area contributed by atoms with Crippen molar-refractivity contribution in [1.29, 1.82) is 0 Å². The minimum absolute atomic E-state index is 0.0391. The van der Waals surface area contributed by atoms with Crippen molar-refractivity contribution in [2.24, 2.45) is 5.92 Å². The van der Waals surface area contributed by atoms with Gasteiger partial charge in [-0.15, -0.1) is 0 Å². The van der Waals surface area contributed by atoms with Crippen molar-refractivity contribution in [3.63, 3.8) is 0 Å². The molecule has 0 aromatic rings. The van der Waals surface area contributed by atoms with Crippen molar-refractivity contribution in [1.82, 2.24) is 0 Å². The van der Waals surface area contributed by atoms with Gasteiger partial charge in [-0.1, -0.05) is 12.2 Å². The summed E-state index contributed by atoms with van der Waals surface area (Å²) >= 11 is 0. The SMILES string of the molecule is C=C(C)[C@H](CCC(C)=O)CC(=O)[O-]. The number of hydrogen-bond acceptors (Lipinski definition) is 3. The Morgan fingerprint density at radius 2 is 1.92 bits per heavy atom. The van der Waals surface area contributed by atoms with Gasteiger partial charge in [0.05, 0.1) is 0 Å². The molecule has 0 rings (SSSR count). The Hall–Kier alpha value is -1.12. The second-order valence-corrected chi connectivity index (χ2v) is 3.36. The van der Waals surface area contributed by atoms with Crippen LogP contribution in [0, 0.1) is 5.92 Å². The summed E-state index contributed by atoms with van der Waals surface area (Å²) in [7, 11) is 0. The quantitative estimate of drug-likeness (QED) is 0.569. The highest BCUT2D eigenvalue weighted by Crippen LogP contribution is 2.18. The molecule has 0 heterocycles. The van der Waals surface area contributed by atoms with E-state index in [0.717, 1.165) is 5.57 Å². The molecular weight excluding hydrogens is 168 g/mol. The van der Waals surface area contributed by atoms with Crippen LogP contribution >= 0.6 is 0 Å². The molecule has 3 nitrogen and oxygen atoms in total. The second-order valence-electron chi connectivity index (χ2n) is 3.36. The predicted octanol–water partition coefficient (Wildman–Crippen LogP) is 0.688.